The van der Waals surface area contributed by atoms with Crippen molar-refractivity contribution in [3.05, 3.63) is 0 Å². The Kier molecular flexibility index (Phi) is 3.87. The molecule has 1 heterocycles. The van der Waals surface area contributed by atoms with Gasteiger partial charge in [0.15, 0.2) is 0 Å². The van der Waals surface area contributed by atoms with Crippen LogP contribution in [0.2, 0.25) is 0 Å². The summed E-state index contributed by atoms with van der Waals surface area (Å²) in [5.74, 6) is 0. The normalized spacial score (nSPS) is 24.5. The lowest BCUT2D eigenvalue weighted by Crippen LogP contribution is -3.16. The summed E-state index contributed by atoms with van der Waals surface area (Å²) in [7, 11) is 0. The Balaban J connectivity index is 2.30. The van der Waals surface area contributed by atoms with E-state index in [4.69, 9.17) is 0 Å². The van der Waals surface area contributed by atoms with Crippen molar-refractivity contribution < 1.29 is 10.6 Å². The van der Waals surface area contributed by atoms with E-state index in [1.54, 1.807) is 4.90 Å². The molecular formula is C9H22N2+2. The van der Waals surface area contributed by atoms with Crippen LogP contribution in [0.4, 0.5) is 0 Å². The van der Waals surface area contributed by atoms with E-state index in [2.05, 4.69) is 12.7 Å². The Labute approximate surface area is 69.8 Å². The summed E-state index contributed by atoms with van der Waals surface area (Å²) >= 11 is 0. The summed E-state index contributed by atoms with van der Waals surface area (Å²) in [4.78, 5) is 1.79. The van der Waals surface area contributed by atoms with Crippen molar-refractivity contribution >= 4 is 0 Å². The Morgan fingerprint density at radius 2 is 1.73 bits per heavy atom. The minimum absolute atomic E-state index is 0.785. The lowest BCUT2D eigenvalue weighted by molar-refractivity contribution is -0.928. The molecule has 2 heteroatoms. The van der Waals surface area contributed by atoms with E-state index in [-0.39, 0.29) is 0 Å². The largest absolute Gasteiger partial charge is 0.353 e. The molecule has 0 spiro atoms. The number of quaternary nitrogens is 2. The van der Waals surface area contributed by atoms with E-state index >= 15 is 0 Å². The van der Waals surface area contributed by atoms with E-state index in [0.29, 0.717) is 0 Å². The fourth-order valence-electron chi connectivity index (χ4n) is 1.88. The Morgan fingerprint density at radius 3 is 2.18 bits per heavy atom. The lowest BCUT2D eigenvalue weighted by Gasteiger charge is -2.21. The Hall–Kier alpha value is -0.0800. The van der Waals surface area contributed by atoms with Crippen LogP contribution in [0.3, 0.4) is 0 Å². The van der Waals surface area contributed by atoms with Crippen LogP contribution in [0.15, 0.2) is 0 Å². The highest BCUT2D eigenvalue weighted by Gasteiger charge is 2.18. The first-order chi connectivity index (χ1) is 5.34. The van der Waals surface area contributed by atoms with Gasteiger partial charge in [0, 0.05) is 0 Å². The van der Waals surface area contributed by atoms with Gasteiger partial charge in [-0.25, -0.2) is 0 Å². The lowest BCUT2D eigenvalue weighted by atomic mass is 10.2. The first kappa shape index (κ1) is 9.01. The molecular weight excluding hydrogens is 136 g/mol. The minimum atomic E-state index is 0.785. The number of nitrogens with one attached hydrogen (secondary N) is 1. The van der Waals surface area contributed by atoms with Crippen molar-refractivity contribution in [1.82, 2.24) is 0 Å². The smallest absolute Gasteiger partial charge is 0.134 e. The van der Waals surface area contributed by atoms with Crippen LogP contribution in [-0.2, 0) is 0 Å². The average Bonchev–Trinajstić information content (AvgIpc) is 2.30. The van der Waals surface area contributed by atoms with Gasteiger partial charge in [0.1, 0.15) is 12.6 Å². The standard InChI is InChI=1S/C9H20N2/c1-9(8-10)11-6-4-2-3-5-7-11/h9H,2-8,10H2,1H3/p+2/t9-/m1/s1. The fourth-order valence-corrected chi connectivity index (χ4v) is 1.88. The molecule has 1 rings (SSSR count). The van der Waals surface area contributed by atoms with Crippen molar-refractivity contribution in [2.45, 2.75) is 38.6 Å². The van der Waals surface area contributed by atoms with E-state index < -0.39 is 0 Å². The summed E-state index contributed by atoms with van der Waals surface area (Å²) in [5, 5.41) is 0. The maximum absolute atomic E-state index is 3.97. The molecule has 0 radical (unpaired) electrons. The van der Waals surface area contributed by atoms with Crippen molar-refractivity contribution in [3.63, 3.8) is 0 Å². The van der Waals surface area contributed by atoms with Crippen molar-refractivity contribution in [2.75, 3.05) is 19.6 Å². The predicted octanol–water partition coefficient (Wildman–Crippen LogP) is -0.924. The molecule has 1 saturated heterocycles. The molecule has 0 bridgehead atoms. The molecule has 1 atom stereocenters. The first-order valence-electron chi connectivity index (χ1n) is 4.98. The molecule has 1 aliphatic heterocycles. The van der Waals surface area contributed by atoms with E-state index in [1.165, 1.54) is 38.8 Å². The minimum Gasteiger partial charge on any atom is -0.353 e. The summed E-state index contributed by atoms with van der Waals surface area (Å²) in [5.41, 5.74) is 3.97. The van der Waals surface area contributed by atoms with Gasteiger partial charge in [0.2, 0.25) is 0 Å². The number of hydrogen-bond acceptors (Lipinski definition) is 0. The molecule has 1 fully saturated rings. The van der Waals surface area contributed by atoms with Gasteiger partial charge in [0.25, 0.3) is 0 Å². The quantitative estimate of drug-likeness (QED) is 0.521. The molecule has 2 nitrogen and oxygen atoms in total. The number of rotatable bonds is 2. The van der Waals surface area contributed by atoms with Crippen LogP contribution in [0, 0.1) is 0 Å². The second-order valence-corrected chi connectivity index (χ2v) is 3.76. The second kappa shape index (κ2) is 4.73. The summed E-state index contributed by atoms with van der Waals surface area (Å²) in [6.45, 7) is 6.19. The van der Waals surface area contributed by atoms with Crippen LogP contribution < -0.4 is 10.6 Å². The van der Waals surface area contributed by atoms with Crippen LogP contribution in [0.25, 0.3) is 0 Å². The fraction of sp³-hybridized carbons (Fsp3) is 1.00. The monoisotopic (exact) mass is 158 g/mol. The Bertz CT molecular complexity index is 95.7. The summed E-state index contributed by atoms with van der Waals surface area (Å²) in [6.07, 6.45) is 5.76. The molecule has 0 aromatic rings. The van der Waals surface area contributed by atoms with Crippen LogP contribution in [0.1, 0.15) is 32.6 Å². The first-order valence-corrected chi connectivity index (χ1v) is 4.98. The third-order valence-electron chi connectivity index (χ3n) is 2.88. The van der Waals surface area contributed by atoms with Gasteiger partial charge in [-0.15, -0.1) is 0 Å². The summed E-state index contributed by atoms with van der Waals surface area (Å²) in [6, 6.07) is 0.785. The highest BCUT2D eigenvalue weighted by molar-refractivity contribution is 4.50. The molecule has 66 valence electrons. The third kappa shape index (κ3) is 2.80. The van der Waals surface area contributed by atoms with Gasteiger partial charge in [-0.05, 0) is 32.6 Å². The van der Waals surface area contributed by atoms with Crippen molar-refractivity contribution in [3.8, 4) is 0 Å². The maximum atomic E-state index is 3.97. The average molecular weight is 158 g/mol. The van der Waals surface area contributed by atoms with Crippen molar-refractivity contribution in [1.29, 1.82) is 0 Å². The van der Waals surface area contributed by atoms with Crippen molar-refractivity contribution in [2.24, 2.45) is 0 Å². The number of likely N-dealkylation sites (tertiary alicyclic amines) is 1. The molecule has 0 unspecified atom stereocenters. The Morgan fingerprint density at radius 1 is 1.18 bits per heavy atom. The van der Waals surface area contributed by atoms with Gasteiger partial charge < -0.3 is 10.6 Å². The predicted molar refractivity (Wildman–Crippen MR) is 46.4 cm³/mol. The SMILES string of the molecule is C[C@H](C[NH3+])[NH+]1CCCCCC1. The molecule has 1 aliphatic rings. The highest BCUT2D eigenvalue weighted by atomic mass is 15.2. The van der Waals surface area contributed by atoms with Crippen LogP contribution >= 0.6 is 0 Å². The van der Waals surface area contributed by atoms with Gasteiger partial charge in [-0.2, -0.15) is 0 Å². The van der Waals surface area contributed by atoms with E-state index in [9.17, 15) is 0 Å². The zero-order valence-corrected chi connectivity index (χ0v) is 7.73. The molecule has 0 saturated carbocycles. The highest BCUT2D eigenvalue weighted by Crippen LogP contribution is 1.99. The van der Waals surface area contributed by atoms with Gasteiger partial charge in [-0.1, -0.05) is 0 Å². The molecule has 0 amide bonds. The number of hydrogen-bond donors (Lipinski definition) is 2. The molecule has 0 aromatic carbocycles. The summed E-state index contributed by atoms with van der Waals surface area (Å²) < 4.78 is 0. The zero-order chi connectivity index (χ0) is 8.10. The van der Waals surface area contributed by atoms with E-state index in [1.807, 2.05) is 0 Å². The van der Waals surface area contributed by atoms with Crippen LogP contribution in [0.5, 0.6) is 0 Å². The molecule has 0 aliphatic carbocycles. The van der Waals surface area contributed by atoms with Gasteiger partial charge in [0.05, 0.1) is 13.1 Å². The van der Waals surface area contributed by atoms with Gasteiger partial charge in [-0.3, -0.25) is 0 Å². The topological polar surface area (TPSA) is 32.1 Å². The second-order valence-electron chi connectivity index (χ2n) is 3.76. The van der Waals surface area contributed by atoms with Gasteiger partial charge >= 0.3 is 0 Å². The third-order valence-corrected chi connectivity index (χ3v) is 2.88. The molecule has 11 heavy (non-hydrogen) atoms. The maximum Gasteiger partial charge on any atom is 0.134 e. The molecule has 0 aromatic heterocycles. The van der Waals surface area contributed by atoms with Crippen LogP contribution in [-0.4, -0.2) is 25.7 Å². The van der Waals surface area contributed by atoms with E-state index in [0.717, 1.165) is 12.6 Å². The zero-order valence-electron chi connectivity index (χ0n) is 7.73. The molecule has 4 N–H and O–H groups in total.